The number of nitrogens with zero attached hydrogens (tertiary/aromatic N) is 1. The third kappa shape index (κ3) is 3.03. The Labute approximate surface area is 169 Å². The number of ketones is 1. The van der Waals surface area contributed by atoms with Gasteiger partial charge in [0.2, 0.25) is 0 Å². The molecular weight excluding hydrogens is 366 g/mol. The van der Waals surface area contributed by atoms with E-state index in [4.69, 9.17) is 15.9 Å². The van der Waals surface area contributed by atoms with Gasteiger partial charge in [0.1, 0.15) is 18.3 Å². The number of terminal acetylenes is 1. The molecule has 0 aromatic heterocycles. The zero-order valence-electron chi connectivity index (χ0n) is 16.1. The summed E-state index contributed by atoms with van der Waals surface area (Å²) in [5, 5.41) is 0. The lowest BCUT2D eigenvalue weighted by Gasteiger charge is -2.30. The second kappa shape index (κ2) is 7.40. The van der Waals surface area contributed by atoms with Crippen molar-refractivity contribution in [3.05, 3.63) is 70.8 Å². The van der Waals surface area contributed by atoms with Crippen LogP contribution in [0.25, 0.3) is 5.70 Å². The first kappa shape index (κ1) is 18.7. The second-order valence-electron chi connectivity index (χ2n) is 6.93. The zero-order chi connectivity index (χ0) is 20.5. The molecule has 2 aliphatic rings. The molecule has 144 valence electrons. The third-order valence-corrected chi connectivity index (χ3v) is 5.33. The van der Waals surface area contributed by atoms with Gasteiger partial charge in [-0.3, -0.25) is 14.6 Å². The van der Waals surface area contributed by atoms with Crippen molar-refractivity contribution in [2.24, 2.45) is 10.9 Å². The molecule has 0 radical (unpaired) electrons. The summed E-state index contributed by atoms with van der Waals surface area (Å²) in [6.45, 7) is 1.97. The molecular formula is C24H19NO4. The number of rotatable bonds is 4. The predicted molar refractivity (Wildman–Crippen MR) is 110 cm³/mol. The highest BCUT2D eigenvalue weighted by atomic mass is 16.5. The Kier molecular flexibility index (Phi) is 4.77. The molecule has 2 aromatic carbocycles. The minimum absolute atomic E-state index is 0.0987. The van der Waals surface area contributed by atoms with Gasteiger partial charge in [0.25, 0.3) is 0 Å². The third-order valence-electron chi connectivity index (χ3n) is 5.33. The standard InChI is InChI=1S/C24H19NO4/c1-4-13-29-16-11-9-15(10-12-16)20-19(24(27)28-3)14(2)25-22-17-7-5-6-8-18(17)23(26)21(20)22/h1,5-12,19-20H,13H2,2-3H3/t19?,20-/m0/s1. The van der Waals surface area contributed by atoms with Gasteiger partial charge in [0.05, 0.1) is 12.8 Å². The fraction of sp³-hybridized carbons (Fsp3) is 0.208. The molecule has 5 nitrogen and oxygen atoms in total. The molecule has 5 heteroatoms. The molecule has 0 saturated heterocycles. The summed E-state index contributed by atoms with van der Waals surface area (Å²) in [6, 6.07) is 14.7. The Balaban J connectivity index is 1.84. The maximum atomic E-state index is 13.3. The lowest BCUT2D eigenvalue weighted by Crippen LogP contribution is -2.34. The average molecular weight is 385 g/mol. The summed E-state index contributed by atoms with van der Waals surface area (Å²) < 4.78 is 10.5. The lowest BCUT2D eigenvalue weighted by atomic mass is 9.75. The molecule has 1 unspecified atom stereocenters. The van der Waals surface area contributed by atoms with Crippen LogP contribution in [0.1, 0.15) is 34.3 Å². The molecule has 2 atom stereocenters. The van der Waals surface area contributed by atoms with E-state index in [0.717, 1.165) is 11.1 Å². The molecule has 1 aliphatic carbocycles. The zero-order valence-corrected chi connectivity index (χ0v) is 16.1. The smallest absolute Gasteiger partial charge is 0.315 e. The van der Waals surface area contributed by atoms with E-state index in [1.807, 2.05) is 30.3 Å². The number of esters is 1. The van der Waals surface area contributed by atoms with Crippen LogP contribution in [0.3, 0.4) is 0 Å². The van der Waals surface area contributed by atoms with Crippen LogP contribution in [0.15, 0.2) is 59.1 Å². The van der Waals surface area contributed by atoms with Crippen molar-refractivity contribution in [1.82, 2.24) is 0 Å². The number of carbonyl (C=O) groups excluding carboxylic acids is 2. The average Bonchev–Trinajstić information content (AvgIpc) is 3.03. The van der Waals surface area contributed by atoms with Crippen molar-refractivity contribution in [3.63, 3.8) is 0 Å². The van der Waals surface area contributed by atoms with Gasteiger partial charge in [0, 0.05) is 28.3 Å². The predicted octanol–water partition coefficient (Wildman–Crippen LogP) is 3.65. The second-order valence-corrected chi connectivity index (χ2v) is 6.93. The summed E-state index contributed by atoms with van der Waals surface area (Å²) in [4.78, 5) is 30.6. The first-order chi connectivity index (χ1) is 14.1. The van der Waals surface area contributed by atoms with E-state index in [9.17, 15) is 9.59 Å². The van der Waals surface area contributed by atoms with E-state index in [2.05, 4.69) is 10.9 Å². The molecule has 1 heterocycles. The van der Waals surface area contributed by atoms with E-state index in [1.54, 1.807) is 25.1 Å². The lowest BCUT2D eigenvalue weighted by molar-refractivity contribution is -0.143. The summed E-state index contributed by atoms with van der Waals surface area (Å²) in [5.74, 6) is 1.37. The number of hydrogen-bond acceptors (Lipinski definition) is 5. The highest BCUT2D eigenvalue weighted by Gasteiger charge is 2.45. The monoisotopic (exact) mass is 385 g/mol. The van der Waals surface area contributed by atoms with Crippen LogP contribution in [-0.4, -0.2) is 31.2 Å². The normalized spacial score (nSPS) is 19.8. The van der Waals surface area contributed by atoms with Crippen molar-refractivity contribution in [2.45, 2.75) is 12.8 Å². The molecule has 0 fully saturated rings. The Morgan fingerprint density at radius 3 is 2.48 bits per heavy atom. The number of ether oxygens (including phenoxy) is 2. The van der Waals surface area contributed by atoms with E-state index in [-0.39, 0.29) is 12.4 Å². The van der Waals surface area contributed by atoms with Crippen molar-refractivity contribution in [1.29, 1.82) is 0 Å². The molecule has 4 rings (SSSR count). The molecule has 0 bridgehead atoms. The number of hydrogen-bond donors (Lipinski definition) is 0. The number of carbonyl (C=O) groups is 2. The summed E-state index contributed by atoms with van der Waals surface area (Å²) in [5.41, 5.74) is 4.02. The molecule has 0 spiro atoms. The van der Waals surface area contributed by atoms with Gasteiger partial charge in [-0.1, -0.05) is 42.3 Å². The van der Waals surface area contributed by atoms with E-state index in [1.165, 1.54) is 7.11 Å². The van der Waals surface area contributed by atoms with Crippen LogP contribution in [0.2, 0.25) is 0 Å². The first-order valence-electron chi connectivity index (χ1n) is 9.24. The number of Topliss-reactive ketones (excluding diaryl/α,β-unsaturated/α-hetero) is 1. The Hall–Kier alpha value is -3.65. The van der Waals surface area contributed by atoms with Crippen molar-refractivity contribution >= 4 is 23.2 Å². The summed E-state index contributed by atoms with van der Waals surface area (Å²) in [6.07, 6.45) is 5.24. The maximum absolute atomic E-state index is 13.3. The van der Waals surface area contributed by atoms with Gasteiger partial charge >= 0.3 is 5.97 Å². The quantitative estimate of drug-likeness (QED) is 0.595. The van der Waals surface area contributed by atoms with Gasteiger partial charge in [-0.2, -0.15) is 0 Å². The highest BCUT2D eigenvalue weighted by Crippen LogP contribution is 2.48. The SMILES string of the molecule is C#CCOc1ccc([C@@H]2C3=C(N=C(C)C2C(=O)OC)c2ccccc2C3=O)cc1. The first-order valence-corrected chi connectivity index (χ1v) is 9.24. The number of aliphatic imine (C=N–C) groups is 1. The number of benzene rings is 2. The van der Waals surface area contributed by atoms with E-state index < -0.39 is 17.8 Å². The fourth-order valence-corrected chi connectivity index (χ4v) is 4.04. The number of allylic oxidation sites excluding steroid dienone is 1. The molecule has 0 saturated carbocycles. The number of methoxy groups -OCH3 is 1. The topological polar surface area (TPSA) is 65.0 Å². The molecule has 29 heavy (non-hydrogen) atoms. The van der Waals surface area contributed by atoms with Crippen LogP contribution in [0.4, 0.5) is 0 Å². The van der Waals surface area contributed by atoms with Crippen LogP contribution < -0.4 is 4.74 Å². The van der Waals surface area contributed by atoms with Crippen molar-refractivity contribution < 1.29 is 19.1 Å². The van der Waals surface area contributed by atoms with Crippen LogP contribution in [-0.2, 0) is 9.53 Å². The molecule has 2 aromatic rings. The van der Waals surface area contributed by atoms with Crippen LogP contribution >= 0.6 is 0 Å². The number of fused-ring (bicyclic) bond motifs is 2. The van der Waals surface area contributed by atoms with E-state index >= 15 is 0 Å². The Morgan fingerprint density at radius 2 is 1.83 bits per heavy atom. The van der Waals surface area contributed by atoms with Gasteiger partial charge in [-0.05, 0) is 24.6 Å². The molecule has 0 amide bonds. The summed E-state index contributed by atoms with van der Waals surface area (Å²) >= 11 is 0. The molecule has 1 aliphatic heterocycles. The Morgan fingerprint density at radius 1 is 1.14 bits per heavy atom. The van der Waals surface area contributed by atoms with Crippen molar-refractivity contribution in [3.8, 4) is 18.1 Å². The van der Waals surface area contributed by atoms with E-state index in [0.29, 0.717) is 28.3 Å². The fourth-order valence-electron chi connectivity index (χ4n) is 4.04. The van der Waals surface area contributed by atoms with Gasteiger partial charge < -0.3 is 9.47 Å². The van der Waals surface area contributed by atoms with Crippen LogP contribution in [0, 0.1) is 18.3 Å². The van der Waals surface area contributed by atoms with Crippen LogP contribution in [0.5, 0.6) is 5.75 Å². The Bertz CT molecular complexity index is 1100. The minimum atomic E-state index is -0.672. The maximum Gasteiger partial charge on any atom is 0.315 e. The molecule has 0 N–H and O–H groups in total. The van der Waals surface area contributed by atoms with Crippen molar-refractivity contribution in [2.75, 3.05) is 13.7 Å². The van der Waals surface area contributed by atoms with Gasteiger partial charge in [-0.15, -0.1) is 6.42 Å². The van der Waals surface area contributed by atoms with Gasteiger partial charge in [0.15, 0.2) is 5.78 Å². The van der Waals surface area contributed by atoms with Gasteiger partial charge in [-0.25, -0.2) is 0 Å². The minimum Gasteiger partial charge on any atom is -0.481 e. The largest absolute Gasteiger partial charge is 0.481 e. The highest BCUT2D eigenvalue weighted by molar-refractivity contribution is 6.24. The summed E-state index contributed by atoms with van der Waals surface area (Å²) in [7, 11) is 1.35.